The van der Waals surface area contributed by atoms with Gasteiger partial charge in [0.1, 0.15) is 0 Å². The van der Waals surface area contributed by atoms with Crippen LogP contribution in [0, 0.1) is 0 Å². The Balaban J connectivity index is 2.28. The number of amides is 1. The van der Waals surface area contributed by atoms with Gasteiger partial charge in [-0.2, -0.15) is 0 Å². The first kappa shape index (κ1) is 19.5. The first-order valence-electron chi connectivity index (χ1n) is 8.27. The van der Waals surface area contributed by atoms with Crippen molar-refractivity contribution < 1.29 is 4.79 Å². The van der Waals surface area contributed by atoms with E-state index in [-0.39, 0.29) is 11.2 Å². The Bertz CT molecular complexity index is 725. The van der Waals surface area contributed by atoms with Crippen molar-refractivity contribution in [2.75, 3.05) is 13.1 Å². The summed E-state index contributed by atoms with van der Waals surface area (Å²) in [6.45, 7) is 11.7. The summed E-state index contributed by atoms with van der Waals surface area (Å²) in [4.78, 5) is 14.3. The molecule has 1 aromatic carbocycles. The Hall–Kier alpha value is -1.79. The molecular weight excluding hydrogens is 356 g/mol. The number of rotatable bonds is 8. The fourth-order valence-corrected chi connectivity index (χ4v) is 3.55. The molecule has 0 saturated heterocycles. The van der Waals surface area contributed by atoms with Gasteiger partial charge in [-0.15, -0.1) is 16.8 Å². The molecule has 5 nitrogen and oxygen atoms in total. The zero-order valence-electron chi connectivity index (χ0n) is 14.8. The highest BCUT2D eigenvalue weighted by molar-refractivity contribution is 8.00. The maximum Gasteiger partial charge on any atom is 0.235 e. The number of carbonyl (C=O) groups excluding carboxylic acids is 1. The summed E-state index contributed by atoms with van der Waals surface area (Å²) in [6.07, 6.45) is 1.80. The lowest BCUT2D eigenvalue weighted by atomic mass is 10.2. The van der Waals surface area contributed by atoms with E-state index in [0.717, 1.165) is 11.4 Å². The highest BCUT2D eigenvalue weighted by Gasteiger charge is 2.23. The van der Waals surface area contributed by atoms with Crippen LogP contribution in [0.2, 0.25) is 5.02 Å². The number of nitrogens with zero attached hydrogens (tertiary/aromatic N) is 4. The molecule has 0 spiro atoms. The van der Waals surface area contributed by atoms with Crippen molar-refractivity contribution in [3.63, 3.8) is 0 Å². The van der Waals surface area contributed by atoms with Crippen LogP contribution >= 0.6 is 23.4 Å². The van der Waals surface area contributed by atoms with E-state index in [9.17, 15) is 4.79 Å². The maximum atomic E-state index is 12.5. The zero-order chi connectivity index (χ0) is 18.4. The minimum atomic E-state index is -0.231. The van der Waals surface area contributed by atoms with Gasteiger partial charge in [-0.25, -0.2) is 0 Å². The molecule has 0 fully saturated rings. The second kappa shape index (κ2) is 9.06. The Morgan fingerprint density at radius 1 is 1.32 bits per heavy atom. The van der Waals surface area contributed by atoms with Crippen molar-refractivity contribution in [2.45, 2.75) is 37.7 Å². The summed E-state index contributed by atoms with van der Waals surface area (Å²) in [6, 6.07) is 7.46. The van der Waals surface area contributed by atoms with Crippen LogP contribution in [0.3, 0.4) is 0 Å². The molecule has 1 amide bonds. The van der Waals surface area contributed by atoms with E-state index in [0.29, 0.717) is 29.8 Å². The van der Waals surface area contributed by atoms with Crippen LogP contribution in [0.15, 0.2) is 42.1 Å². The van der Waals surface area contributed by atoms with Gasteiger partial charge in [0.05, 0.1) is 5.25 Å². The van der Waals surface area contributed by atoms with Gasteiger partial charge in [0.2, 0.25) is 5.91 Å². The van der Waals surface area contributed by atoms with Crippen molar-refractivity contribution in [3.05, 3.63) is 41.9 Å². The van der Waals surface area contributed by atoms with Crippen molar-refractivity contribution in [2.24, 2.45) is 0 Å². The molecule has 0 N–H and O–H groups in total. The lowest BCUT2D eigenvalue weighted by Gasteiger charge is -2.22. The smallest absolute Gasteiger partial charge is 0.235 e. The number of allylic oxidation sites excluding steroid dienone is 1. The van der Waals surface area contributed by atoms with E-state index < -0.39 is 0 Å². The quantitative estimate of drug-likeness (QED) is 0.511. The first-order chi connectivity index (χ1) is 12.0. The molecule has 1 heterocycles. The topological polar surface area (TPSA) is 51.0 Å². The van der Waals surface area contributed by atoms with E-state index in [2.05, 4.69) is 16.8 Å². The van der Waals surface area contributed by atoms with Gasteiger partial charge >= 0.3 is 0 Å². The third kappa shape index (κ3) is 4.64. The molecule has 7 heteroatoms. The molecule has 1 unspecified atom stereocenters. The Morgan fingerprint density at radius 3 is 2.52 bits per heavy atom. The van der Waals surface area contributed by atoms with Crippen LogP contribution in [0.1, 0.15) is 20.8 Å². The largest absolute Gasteiger partial charge is 0.342 e. The molecule has 2 rings (SSSR count). The van der Waals surface area contributed by atoms with Gasteiger partial charge in [0.15, 0.2) is 11.0 Å². The van der Waals surface area contributed by atoms with Crippen molar-refractivity contribution >= 4 is 29.3 Å². The third-order valence-electron chi connectivity index (χ3n) is 3.84. The van der Waals surface area contributed by atoms with Gasteiger partial charge < -0.3 is 4.90 Å². The third-order valence-corrected chi connectivity index (χ3v) is 5.16. The average Bonchev–Trinajstić information content (AvgIpc) is 2.99. The van der Waals surface area contributed by atoms with Crippen LogP contribution in [0.25, 0.3) is 11.4 Å². The summed E-state index contributed by atoms with van der Waals surface area (Å²) in [7, 11) is 0. The molecule has 0 aliphatic carbocycles. The normalized spacial score (nSPS) is 12.0. The first-order valence-corrected chi connectivity index (χ1v) is 9.53. The van der Waals surface area contributed by atoms with Gasteiger partial charge in [-0.05, 0) is 45.0 Å². The van der Waals surface area contributed by atoms with Gasteiger partial charge in [0, 0.05) is 30.2 Å². The molecule has 0 aliphatic heterocycles. The van der Waals surface area contributed by atoms with Gasteiger partial charge in [-0.1, -0.05) is 29.4 Å². The van der Waals surface area contributed by atoms with Crippen LogP contribution in [-0.2, 0) is 11.3 Å². The molecular formula is C18H23ClN4OS. The fraction of sp³-hybridized carbons (Fsp3) is 0.389. The van der Waals surface area contributed by atoms with Gasteiger partial charge in [-0.3, -0.25) is 9.36 Å². The van der Waals surface area contributed by atoms with Gasteiger partial charge in [0.25, 0.3) is 0 Å². The molecule has 0 radical (unpaired) electrons. The molecule has 0 bridgehead atoms. The number of hydrogen-bond donors (Lipinski definition) is 0. The Labute approximate surface area is 158 Å². The minimum Gasteiger partial charge on any atom is -0.342 e. The summed E-state index contributed by atoms with van der Waals surface area (Å²) in [5, 5.41) is 9.75. The monoisotopic (exact) mass is 378 g/mol. The summed E-state index contributed by atoms with van der Waals surface area (Å²) in [5.41, 5.74) is 0.924. The summed E-state index contributed by atoms with van der Waals surface area (Å²) < 4.78 is 1.97. The van der Waals surface area contributed by atoms with Crippen LogP contribution in [-0.4, -0.2) is 43.9 Å². The second-order valence-electron chi connectivity index (χ2n) is 5.48. The molecule has 0 aliphatic rings. The fourth-order valence-electron chi connectivity index (χ4n) is 2.48. The molecule has 2 aromatic rings. The average molecular weight is 379 g/mol. The van der Waals surface area contributed by atoms with E-state index in [1.54, 1.807) is 6.08 Å². The van der Waals surface area contributed by atoms with E-state index in [1.165, 1.54) is 11.8 Å². The predicted octanol–water partition coefficient (Wildman–Crippen LogP) is 4.13. The SMILES string of the molecule is C=CCn1c(SC(C)C(=O)N(CC)CC)nnc1-c1ccc(Cl)cc1. The Morgan fingerprint density at radius 2 is 1.96 bits per heavy atom. The number of hydrogen-bond acceptors (Lipinski definition) is 4. The highest BCUT2D eigenvalue weighted by atomic mass is 35.5. The predicted molar refractivity (Wildman–Crippen MR) is 104 cm³/mol. The van der Waals surface area contributed by atoms with Crippen molar-refractivity contribution in [1.82, 2.24) is 19.7 Å². The lowest BCUT2D eigenvalue weighted by Crippen LogP contribution is -2.36. The number of aromatic nitrogens is 3. The lowest BCUT2D eigenvalue weighted by molar-refractivity contribution is -0.129. The van der Waals surface area contributed by atoms with E-state index >= 15 is 0 Å². The van der Waals surface area contributed by atoms with Crippen molar-refractivity contribution in [1.29, 1.82) is 0 Å². The molecule has 1 aromatic heterocycles. The summed E-state index contributed by atoms with van der Waals surface area (Å²) >= 11 is 7.38. The molecule has 0 saturated carbocycles. The second-order valence-corrected chi connectivity index (χ2v) is 7.23. The highest BCUT2D eigenvalue weighted by Crippen LogP contribution is 2.28. The Kier molecular flexibility index (Phi) is 7.08. The number of halogens is 1. The van der Waals surface area contributed by atoms with Crippen LogP contribution in [0.5, 0.6) is 0 Å². The number of carbonyl (C=O) groups is 1. The van der Waals surface area contributed by atoms with Crippen LogP contribution < -0.4 is 0 Å². The molecule has 25 heavy (non-hydrogen) atoms. The van der Waals surface area contributed by atoms with E-state index in [4.69, 9.17) is 11.6 Å². The minimum absolute atomic E-state index is 0.108. The van der Waals surface area contributed by atoms with Crippen LogP contribution in [0.4, 0.5) is 0 Å². The van der Waals surface area contributed by atoms with Crippen molar-refractivity contribution in [3.8, 4) is 11.4 Å². The standard InChI is InChI=1S/C18H23ClN4OS/c1-5-12-23-16(14-8-10-15(19)11-9-14)20-21-18(23)25-13(4)17(24)22(6-2)7-3/h5,8-11,13H,1,6-7,12H2,2-4H3. The number of thioether (sulfide) groups is 1. The zero-order valence-corrected chi connectivity index (χ0v) is 16.3. The number of benzene rings is 1. The molecule has 1 atom stereocenters. The van der Waals surface area contributed by atoms with E-state index in [1.807, 2.05) is 54.5 Å². The molecule has 134 valence electrons. The summed E-state index contributed by atoms with van der Waals surface area (Å²) in [5.74, 6) is 0.845. The maximum absolute atomic E-state index is 12.5.